The highest BCUT2D eigenvalue weighted by Crippen LogP contribution is 2.19. The van der Waals surface area contributed by atoms with E-state index < -0.39 is 0 Å². The SMILES string of the molecule is CCC(C)CN(C)CCC(CO)NC1CC1. The van der Waals surface area contributed by atoms with Gasteiger partial charge >= 0.3 is 0 Å². The summed E-state index contributed by atoms with van der Waals surface area (Å²) in [5.41, 5.74) is 0. The van der Waals surface area contributed by atoms with Crippen LogP contribution >= 0.6 is 0 Å². The molecule has 1 rings (SSSR count). The van der Waals surface area contributed by atoms with E-state index in [0.717, 1.165) is 25.4 Å². The molecule has 0 saturated heterocycles. The summed E-state index contributed by atoms with van der Waals surface area (Å²) < 4.78 is 0. The molecule has 0 aromatic heterocycles. The van der Waals surface area contributed by atoms with Crippen molar-refractivity contribution in [2.75, 3.05) is 26.7 Å². The van der Waals surface area contributed by atoms with Crippen molar-refractivity contribution in [1.82, 2.24) is 10.2 Å². The van der Waals surface area contributed by atoms with Crippen molar-refractivity contribution in [3.63, 3.8) is 0 Å². The first-order chi connectivity index (χ1) is 7.65. The Balaban J connectivity index is 2.09. The van der Waals surface area contributed by atoms with Crippen LogP contribution in [0.3, 0.4) is 0 Å². The molecule has 16 heavy (non-hydrogen) atoms. The van der Waals surface area contributed by atoms with Crippen molar-refractivity contribution in [2.24, 2.45) is 5.92 Å². The fourth-order valence-corrected chi connectivity index (χ4v) is 1.94. The van der Waals surface area contributed by atoms with Gasteiger partial charge in [-0.3, -0.25) is 0 Å². The molecule has 1 saturated carbocycles. The molecule has 2 N–H and O–H groups in total. The minimum atomic E-state index is 0.271. The van der Waals surface area contributed by atoms with E-state index in [9.17, 15) is 5.11 Å². The Bertz CT molecular complexity index is 183. The Morgan fingerprint density at radius 2 is 2.12 bits per heavy atom. The Labute approximate surface area is 100 Å². The van der Waals surface area contributed by atoms with Crippen molar-refractivity contribution < 1.29 is 5.11 Å². The van der Waals surface area contributed by atoms with Crippen molar-refractivity contribution in [1.29, 1.82) is 0 Å². The average Bonchev–Trinajstić information content (AvgIpc) is 3.07. The minimum absolute atomic E-state index is 0.271. The molecule has 0 heterocycles. The molecule has 0 aromatic rings. The summed E-state index contributed by atoms with van der Waals surface area (Å²) in [4.78, 5) is 2.38. The predicted octanol–water partition coefficient (Wildman–Crippen LogP) is 1.47. The molecule has 0 aromatic carbocycles. The van der Waals surface area contributed by atoms with Crippen LogP contribution in [0.4, 0.5) is 0 Å². The molecule has 1 fully saturated rings. The van der Waals surface area contributed by atoms with Gasteiger partial charge in [0.25, 0.3) is 0 Å². The maximum absolute atomic E-state index is 9.26. The van der Waals surface area contributed by atoms with Crippen LogP contribution in [0.15, 0.2) is 0 Å². The van der Waals surface area contributed by atoms with Crippen molar-refractivity contribution in [3.05, 3.63) is 0 Å². The second kappa shape index (κ2) is 7.25. The second-order valence-corrected chi connectivity index (χ2v) is 5.38. The van der Waals surface area contributed by atoms with Crippen molar-refractivity contribution >= 4 is 0 Å². The Morgan fingerprint density at radius 3 is 2.62 bits per heavy atom. The first-order valence-corrected chi connectivity index (χ1v) is 6.71. The van der Waals surface area contributed by atoms with Gasteiger partial charge in [-0.1, -0.05) is 20.3 Å². The van der Waals surface area contributed by atoms with E-state index in [0.29, 0.717) is 12.1 Å². The smallest absolute Gasteiger partial charge is 0.0585 e. The van der Waals surface area contributed by atoms with E-state index in [1.54, 1.807) is 0 Å². The van der Waals surface area contributed by atoms with Crippen LogP contribution in [-0.4, -0.2) is 48.8 Å². The Hall–Kier alpha value is -0.120. The van der Waals surface area contributed by atoms with E-state index >= 15 is 0 Å². The number of nitrogens with one attached hydrogen (secondary N) is 1. The molecular formula is C13H28N2O. The fourth-order valence-electron chi connectivity index (χ4n) is 1.94. The zero-order valence-corrected chi connectivity index (χ0v) is 11.1. The third kappa shape index (κ3) is 5.83. The van der Waals surface area contributed by atoms with E-state index in [-0.39, 0.29) is 6.61 Å². The highest BCUT2D eigenvalue weighted by atomic mass is 16.3. The largest absolute Gasteiger partial charge is 0.395 e. The van der Waals surface area contributed by atoms with E-state index in [2.05, 4.69) is 31.1 Å². The molecule has 0 spiro atoms. The highest BCUT2D eigenvalue weighted by molar-refractivity contribution is 4.84. The quantitative estimate of drug-likeness (QED) is 0.627. The molecular weight excluding hydrogens is 200 g/mol. The lowest BCUT2D eigenvalue weighted by Crippen LogP contribution is -2.37. The first kappa shape index (κ1) is 13.9. The van der Waals surface area contributed by atoms with Gasteiger partial charge in [0.05, 0.1) is 6.61 Å². The fraction of sp³-hybridized carbons (Fsp3) is 1.00. The summed E-state index contributed by atoms with van der Waals surface area (Å²) in [5.74, 6) is 0.772. The van der Waals surface area contributed by atoms with Crippen LogP contribution in [0.1, 0.15) is 39.5 Å². The lowest BCUT2D eigenvalue weighted by molar-refractivity contribution is 0.208. The van der Waals surface area contributed by atoms with Crippen molar-refractivity contribution in [3.8, 4) is 0 Å². The third-order valence-corrected chi connectivity index (χ3v) is 3.45. The topological polar surface area (TPSA) is 35.5 Å². The molecule has 2 atom stereocenters. The summed E-state index contributed by atoms with van der Waals surface area (Å²) in [6.07, 6.45) is 4.88. The van der Waals surface area contributed by atoms with Crippen molar-refractivity contribution in [2.45, 2.75) is 51.6 Å². The number of nitrogens with zero attached hydrogens (tertiary/aromatic N) is 1. The number of aliphatic hydroxyl groups excluding tert-OH is 1. The molecule has 0 amide bonds. The maximum atomic E-state index is 9.26. The highest BCUT2D eigenvalue weighted by Gasteiger charge is 2.24. The summed E-state index contributed by atoms with van der Waals surface area (Å²) in [6, 6.07) is 0.990. The van der Waals surface area contributed by atoms with Crippen LogP contribution in [0, 0.1) is 5.92 Å². The van der Waals surface area contributed by atoms with Gasteiger partial charge in [-0.25, -0.2) is 0 Å². The summed E-state index contributed by atoms with van der Waals surface area (Å²) in [5, 5.41) is 12.7. The number of hydrogen-bond acceptors (Lipinski definition) is 3. The van der Waals surface area contributed by atoms with Gasteiger partial charge in [-0.2, -0.15) is 0 Å². The number of rotatable bonds is 9. The standard InChI is InChI=1S/C13H28N2O/c1-4-11(2)9-15(3)8-7-13(10-16)14-12-5-6-12/h11-14,16H,4-10H2,1-3H3. The number of hydrogen-bond donors (Lipinski definition) is 2. The van der Waals surface area contributed by atoms with Crippen LogP contribution in [0.25, 0.3) is 0 Å². The van der Waals surface area contributed by atoms with Gasteiger partial charge < -0.3 is 15.3 Å². The zero-order chi connectivity index (χ0) is 12.0. The van der Waals surface area contributed by atoms with Gasteiger partial charge in [0.2, 0.25) is 0 Å². The molecule has 96 valence electrons. The molecule has 3 heteroatoms. The number of aliphatic hydroxyl groups is 1. The van der Waals surface area contributed by atoms with Crippen LogP contribution in [-0.2, 0) is 0 Å². The van der Waals surface area contributed by atoms with Crippen LogP contribution in [0.5, 0.6) is 0 Å². The Kier molecular flexibility index (Phi) is 6.32. The lowest BCUT2D eigenvalue weighted by Gasteiger charge is -2.23. The third-order valence-electron chi connectivity index (χ3n) is 3.45. The van der Waals surface area contributed by atoms with E-state index in [1.165, 1.54) is 19.3 Å². The summed E-state index contributed by atoms with van der Waals surface area (Å²) in [7, 11) is 2.18. The van der Waals surface area contributed by atoms with Crippen LogP contribution < -0.4 is 5.32 Å². The lowest BCUT2D eigenvalue weighted by atomic mass is 10.1. The average molecular weight is 228 g/mol. The van der Waals surface area contributed by atoms with Gasteiger partial charge in [0.1, 0.15) is 0 Å². The maximum Gasteiger partial charge on any atom is 0.0585 e. The molecule has 3 nitrogen and oxygen atoms in total. The van der Waals surface area contributed by atoms with Gasteiger partial charge in [-0.05, 0) is 38.8 Å². The minimum Gasteiger partial charge on any atom is -0.395 e. The van der Waals surface area contributed by atoms with E-state index in [1.807, 2.05) is 0 Å². The molecule has 2 unspecified atom stereocenters. The summed E-state index contributed by atoms with van der Waals surface area (Å²) in [6.45, 7) is 7.05. The zero-order valence-electron chi connectivity index (χ0n) is 11.1. The molecule has 1 aliphatic rings. The monoisotopic (exact) mass is 228 g/mol. The predicted molar refractivity (Wildman–Crippen MR) is 68.6 cm³/mol. The van der Waals surface area contributed by atoms with Gasteiger partial charge in [0, 0.05) is 18.6 Å². The Morgan fingerprint density at radius 1 is 1.44 bits per heavy atom. The van der Waals surface area contributed by atoms with E-state index in [4.69, 9.17) is 0 Å². The molecule has 0 bridgehead atoms. The molecule has 0 aliphatic heterocycles. The molecule has 1 aliphatic carbocycles. The normalized spacial score (nSPS) is 20.1. The second-order valence-electron chi connectivity index (χ2n) is 5.38. The van der Waals surface area contributed by atoms with Gasteiger partial charge in [0.15, 0.2) is 0 Å². The van der Waals surface area contributed by atoms with Crippen LogP contribution in [0.2, 0.25) is 0 Å². The van der Waals surface area contributed by atoms with Gasteiger partial charge in [-0.15, -0.1) is 0 Å². The summed E-state index contributed by atoms with van der Waals surface area (Å²) >= 11 is 0. The first-order valence-electron chi connectivity index (χ1n) is 6.71. The molecule has 0 radical (unpaired) electrons.